The van der Waals surface area contributed by atoms with E-state index in [2.05, 4.69) is 97.1 Å². The quantitative estimate of drug-likeness (QED) is 0.344. The van der Waals surface area contributed by atoms with Crippen LogP contribution in [0.25, 0.3) is 33.4 Å². The van der Waals surface area contributed by atoms with Gasteiger partial charge >= 0.3 is 0 Å². The molecule has 4 aromatic rings. The molecule has 1 aliphatic rings. The summed E-state index contributed by atoms with van der Waals surface area (Å²) in [5, 5.41) is 0. The zero-order valence-electron chi connectivity index (χ0n) is 13.9. The molecule has 0 radical (unpaired) electrons. The van der Waals surface area contributed by atoms with Crippen LogP contribution in [0.5, 0.6) is 0 Å². The molecule has 0 spiro atoms. The molecule has 5 rings (SSSR count). The average Bonchev–Trinajstić information content (AvgIpc) is 3.07. The first-order valence-corrected chi connectivity index (χ1v) is 8.77. The molecule has 4 aromatic carbocycles. The van der Waals surface area contributed by atoms with Crippen molar-refractivity contribution in [3.63, 3.8) is 0 Å². The minimum atomic E-state index is 1.03. The second kappa shape index (κ2) is 5.75. The van der Waals surface area contributed by atoms with E-state index in [-0.39, 0.29) is 0 Å². The van der Waals surface area contributed by atoms with E-state index < -0.39 is 0 Å². The van der Waals surface area contributed by atoms with Gasteiger partial charge in [0.25, 0.3) is 0 Å². The lowest BCUT2D eigenvalue weighted by atomic mass is 9.89. The predicted molar refractivity (Wildman–Crippen MR) is 106 cm³/mol. The third-order valence-electron chi connectivity index (χ3n) is 5.12. The minimum absolute atomic E-state index is 1.03. The molecule has 0 heteroatoms. The lowest BCUT2D eigenvalue weighted by molar-refractivity contribution is 1.26. The molecule has 0 saturated heterocycles. The Balaban J connectivity index is 1.78. The van der Waals surface area contributed by atoms with E-state index in [9.17, 15) is 0 Å². The van der Waals surface area contributed by atoms with Gasteiger partial charge in [0.1, 0.15) is 0 Å². The maximum atomic E-state index is 2.27. The number of hydrogen-bond acceptors (Lipinski definition) is 0. The molecule has 0 aliphatic heterocycles. The second-order valence-electron chi connectivity index (χ2n) is 6.59. The molecule has 0 heterocycles. The van der Waals surface area contributed by atoms with Crippen LogP contribution in [0.3, 0.4) is 0 Å². The first-order chi connectivity index (χ1) is 12.4. The Morgan fingerprint density at radius 3 is 1.84 bits per heavy atom. The molecule has 0 N–H and O–H groups in total. The van der Waals surface area contributed by atoms with Gasteiger partial charge < -0.3 is 0 Å². The van der Waals surface area contributed by atoms with Gasteiger partial charge in [0.05, 0.1) is 0 Å². The van der Waals surface area contributed by atoms with Gasteiger partial charge in [-0.25, -0.2) is 0 Å². The number of benzene rings is 4. The van der Waals surface area contributed by atoms with Gasteiger partial charge in [0.2, 0.25) is 0 Å². The summed E-state index contributed by atoms with van der Waals surface area (Å²) < 4.78 is 0. The van der Waals surface area contributed by atoms with Crippen molar-refractivity contribution in [1.29, 1.82) is 0 Å². The molecule has 0 unspecified atom stereocenters. The maximum absolute atomic E-state index is 2.27. The molecule has 0 fully saturated rings. The largest absolute Gasteiger partial charge is 0.0622 e. The van der Waals surface area contributed by atoms with Crippen molar-refractivity contribution in [2.45, 2.75) is 6.42 Å². The fourth-order valence-electron chi connectivity index (χ4n) is 4.00. The van der Waals surface area contributed by atoms with Crippen molar-refractivity contribution in [2.75, 3.05) is 0 Å². The highest BCUT2D eigenvalue weighted by molar-refractivity contribution is 5.95. The normalized spacial score (nSPS) is 11.8. The second-order valence-corrected chi connectivity index (χ2v) is 6.59. The Kier molecular flexibility index (Phi) is 3.28. The molecule has 0 amide bonds. The summed E-state index contributed by atoms with van der Waals surface area (Å²) in [4.78, 5) is 0. The van der Waals surface area contributed by atoms with Crippen LogP contribution < -0.4 is 0 Å². The minimum Gasteiger partial charge on any atom is -0.0622 e. The van der Waals surface area contributed by atoms with Gasteiger partial charge in [-0.05, 0) is 50.9 Å². The molecule has 118 valence electrons. The average molecular weight is 318 g/mol. The predicted octanol–water partition coefficient (Wildman–Crippen LogP) is 6.59. The molecule has 0 nitrogen and oxygen atoms in total. The van der Waals surface area contributed by atoms with Crippen LogP contribution >= 0.6 is 0 Å². The van der Waals surface area contributed by atoms with E-state index in [1.165, 1.54) is 44.5 Å². The molecular formula is C25H18. The van der Waals surface area contributed by atoms with Gasteiger partial charge in [-0.2, -0.15) is 0 Å². The summed E-state index contributed by atoms with van der Waals surface area (Å²) in [5.41, 5.74) is 10.9. The molecule has 25 heavy (non-hydrogen) atoms. The number of hydrogen-bond donors (Lipinski definition) is 0. The topological polar surface area (TPSA) is 0 Å². The first kappa shape index (κ1) is 14.2. The Hall–Kier alpha value is -3.12. The van der Waals surface area contributed by atoms with Crippen LogP contribution in [0.4, 0.5) is 0 Å². The highest BCUT2D eigenvalue weighted by atomic mass is 14.3. The van der Waals surface area contributed by atoms with E-state index >= 15 is 0 Å². The third-order valence-corrected chi connectivity index (χ3v) is 5.12. The van der Waals surface area contributed by atoms with E-state index in [1.807, 2.05) is 0 Å². The van der Waals surface area contributed by atoms with Crippen molar-refractivity contribution in [3.05, 3.63) is 108 Å². The molecule has 1 aliphatic carbocycles. The standard InChI is InChI=1S/C25H18/c1-2-9-18(10-3-1)21-13-6-7-15-23(21)24-16-8-12-20-17-19-11-4-5-14-22(19)25(20)24/h1-16H,17H2. The molecule has 0 atom stereocenters. The van der Waals surface area contributed by atoms with E-state index in [0.29, 0.717) is 0 Å². The van der Waals surface area contributed by atoms with Crippen LogP contribution in [0, 0.1) is 0 Å². The third kappa shape index (κ3) is 2.30. The van der Waals surface area contributed by atoms with Gasteiger partial charge in [0.15, 0.2) is 0 Å². The maximum Gasteiger partial charge on any atom is -0.00132 e. The fourth-order valence-corrected chi connectivity index (χ4v) is 4.00. The summed E-state index contributed by atoms with van der Waals surface area (Å²) >= 11 is 0. The molecule has 0 aromatic heterocycles. The lowest BCUT2D eigenvalue weighted by Crippen LogP contribution is -1.89. The Morgan fingerprint density at radius 2 is 1.00 bits per heavy atom. The van der Waals surface area contributed by atoms with Crippen molar-refractivity contribution in [3.8, 4) is 33.4 Å². The van der Waals surface area contributed by atoms with E-state index in [1.54, 1.807) is 0 Å². The highest BCUT2D eigenvalue weighted by Gasteiger charge is 2.22. The van der Waals surface area contributed by atoms with Crippen LogP contribution in [-0.2, 0) is 6.42 Å². The first-order valence-electron chi connectivity index (χ1n) is 8.77. The Morgan fingerprint density at radius 1 is 0.400 bits per heavy atom. The molecular weight excluding hydrogens is 300 g/mol. The zero-order valence-corrected chi connectivity index (χ0v) is 13.9. The SMILES string of the molecule is c1ccc(-c2ccccc2-c2cccc3c2-c2ccccc2C3)cc1. The van der Waals surface area contributed by atoms with Crippen LogP contribution in [0.15, 0.2) is 97.1 Å². The van der Waals surface area contributed by atoms with Crippen LogP contribution in [0.1, 0.15) is 11.1 Å². The summed E-state index contributed by atoms with van der Waals surface area (Å²) in [6.07, 6.45) is 1.03. The van der Waals surface area contributed by atoms with Crippen molar-refractivity contribution in [2.24, 2.45) is 0 Å². The monoisotopic (exact) mass is 318 g/mol. The van der Waals surface area contributed by atoms with Gasteiger partial charge in [0, 0.05) is 0 Å². The summed E-state index contributed by atoms with van der Waals surface area (Å²) in [5.74, 6) is 0. The molecule has 0 saturated carbocycles. The van der Waals surface area contributed by atoms with Gasteiger partial charge in [-0.1, -0.05) is 97.1 Å². The van der Waals surface area contributed by atoms with E-state index in [0.717, 1.165) is 6.42 Å². The Labute approximate surface area is 148 Å². The number of fused-ring (bicyclic) bond motifs is 3. The molecule has 0 bridgehead atoms. The summed E-state index contributed by atoms with van der Waals surface area (Å²) in [6.45, 7) is 0. The van der Waals surface area contributed by atoms with Crippen LogP contribution in [-0.4, -0.2) is 0 Å². The lowest BCUT2D eigenvalue weighted by Gasteiger charge is -2.14. The van der Waals surface area contributed by atoms with Crippen molar-refractivity contribution in [1.82, 2.24) is 0 Å². The van der Waals surface area contributed by atoms with Crippen molar-refractivity contribution >= 4 is 0 Å². The fraction of sp³-hybridized carbons (Fsp3) is 0.0400. The van der Waals surface area contributed by atoms with E-state index in [4.69, 9.17) is 0 Å². The zero-order chi connectivity index (χ0) is 16.6. The van der Waals surface area contributed by atoms with Crippen LogP contribution in [0.2, 0.25) is 0 Å². The highest BCUT2D eigenvalue weighted by Crippen LogP contribution is 2.44. The summed E-state index contributed by atoms with van der Waals surface area (Å²) in [6, 6.07) is 34.9. The van der Waals surface area contributed by atoms with Gasteiger partial charge in [-0.3, -0.25) is 0 Å². The Bertz CT molecular complexity index is 1060. The number of rotatable bonds is 2. The summed E-state index contributed by atoms with van der Waals surface area (Å²) in [7, 11) is 0. The smallest absolute Gasteiger partial charge is 0.00132 e. The van der Waals surface area contributed by atoms with Gasteiger partial charge in [-0.15, -0.1) is 0 Å². The van der Waals surface area contributed by atoms with Crippen molar-refractivity contribution < 1.29 is 0 Å².